The molecule has 0 unspecified atom stereocenters. The number of carbonyl (C=O) groups excluding carboxylic acids is 1. The van der Waals surface area contributed by atoms with E-state index < -0.39 is 5.60 Å². The summed E-state index contributed by atoms with van der Waals surface area (Å²) in [5, 5.41) is 13.9. The molecule has 1 N–H and O–H groups in total. The van der Waals surface area contributed by atoms with Gasteiger partial charge in [0, 0.05) is 78.4 Å². The summed E-state index contributed by atoms with van der Waals surface area (Å²) in [5.41, 5.74) is 3.01. The van der Waals surface area contributed by atoms with Gasteiger partial charge < -0.3 is 14.6 Å². The van der Waals surface area contributed by atoms with Gasteiger partial charge in [-0.3, -0.25) is 24.0 Å². The van der Waals surface area contributed by atoms with Crippen LogP contribution >= 0.6 is 34.5 Å². The monoisotopic (exact) mass is 767 g/mol. The molecule has 2 aromatic carbocycles. The minimum atomic E-state index is -1.15. The van der Waals surface area contributed by atoms with E-state index in [0.717, 1.165) is 53.6 Å². The Morgan fingerprint density at radius 3 is 2.53 bits per heavy atom. The SMILES string of the molecule is Cc1ccc(-c2ncc(CN3CC[C@@H](C(=O)N4CCC(O)(Cn5cnc6c(ccn6-c6ccc(Cl)c(Cl)c6)c5=O)CC4)[C@H](c4ccccc4)C3)s2)cn1. The van der Waals surface area contributed by atoms with Gasteiger partial charge in [0.15, 0.2) is 5.65 Å². The van der Waals surface area contributed by atoms with Gasteiger partial charge in [-0.05, 0) is 74.7 Å². The highest BCUT2D eigenvalue weighted by molar-refractivity contribution is 7.15. The fourth-order valence-corrected chi connectivity index (χ4v) is 8.93. The van der Waals surface area contributed by atoms with E-state index in [9.17, 15) is 14.7 Å². The van der Waals surface area contributed by atoms with Crippen molar-refractivity contribution in [1.82, 2.24) is 33.9 Å². The highest BCUT2D eigenvalue weighted by atomic mass is 35.5. The Morgan fingerprint density at radius 2 is 1.77 bits per heavy atom. The molecule has 0 aliphatic carbocycles. The maximum absolute atomic E-state index is 14.2. The smallest absolute Gasteiger partial charge is 0.262 e. The van der Waals surface area contributed by atoms with Crippen LogP contribution in [0.1, 0.15) is 41.3 Å². The molecule has 4 aromatic heterocycles. The first kappa shape index (κ1) is 35.6. The quantitative estimate of drug-likeness (QED) is 0.178. The number of benzene rings is 2. The van der Waals surface area contributed by atoms with Gasteiger partial charge in [-0.1, -0.05) is 53.5 Å². The zero-order valence-corrected chi connectivity index (χ0v) is 31.6. The van der Waals surface area contributed by atoms with Gasteiger partial charge in [0.2, 0.25) is 5.91 Å². The molecule has 2 saturated heterocycles. The molecule has 0 radical (unpaired) electrons. The number of aliphatic hydroxyl groups is 1. The Balaban J connectivity index is 0.928. The summed E-state index contributed by atoms with van der Waals surface area (Å²) in [4.78, 5) is 47.0. The van der Waals surface area contributed by atoms with Gasteiger partial charge in [0.1, 0.15) is 11.3 Å². The Hall–Kier alpha value is -4.39. The summed E-state index contributed by atoms with van der Waals surface area (Å²) in [6, 6.07) is 21.4. The number of piperidine rings is 2. The lowest BCUT2D eigenvalue weighted by Gasteiger charge is -2.43. The lowest BCUT2D eigenvalue weighted by molar-refractivity contribution is -0.142. The maximum atomic E-state index is 14.2. The molecule has 2 aliphatic rings. The van der Waals surface area contributed by atoms with Crippen molar-refractivity contribution in [3.05, 3.63) is 128 Å². The first-order chi connectivity index (χ1) is 25.6. The van der Waals surface area contributed by atoms with Crippen molar-refractivity contribution in [2.75, 3.05) is 26.2 Å². The van der Waals surface area contributed by atoms with Crippen molar-refractivity contribution < 1.29 is 9.90 Å². The summed E-state index contributed by atoms with van der Waals surface area (Å²) in [7, 11) is 0. The predicted molar refractivity (Wildman–Crippen MR) is 209 cm³/mol. The number of hydrogen-bond donors (Lipinski definition) is 1. The van der Waals surface area contributed by atoms with E-state index in [1.807, 2.05) is 54.5 Å². The van der Waals surface area contributed by atoms with E-state index in [-0.39, 0.29) is 29.8 Å². The summed E-state index contributed by atoms with van der Waals surface area (Å²) >= 11 is 14.0. The number of hydrogen-bond acceptors (Lipinski definition) is 8. The number of likely N-dealkylation sites (tertiary alicyclic amines) is 2. The number of thiazole rings is 1. The van der Waals surface area contributed by atoms with Crippen LogP contribution in [0.3, 0.4) is 0 Å². The molecule has 6 heterocycles. The third-order valence-corrected chi connectivity index (χ3v) is 12.4. The van der Waals surface area contributed by atoms with Crippen LogP contribution in [0.5, 0.6) is 0 Å². The summed E-state index contributed by atoms with van der Waals surface area (Å²) < 4.78 is 3.26. The summed E-state index contributed by atoms with van der Waals surface area (Å²) in [6.45, 7) is 5.27. The van der Waals surface area contributed by atoms with Crippen LogP contribution in [0.15, 0.2) is 96.4 Å². The van der Waals surface area contributed by atoms with Crippen molar-refractivity contribution in [1.29, 1.82) is 0 Å². The van der Waals surface area contributed by atoms with Crippen LogP contribution in [0, 0.1) is 12.8 Å². The predicted octanol–water partition coefficient (Wildman–Crippen LogP) is 6.98. The van der Waals surface area contributed by atoms with Gasteiger partial charge in [-0.25, -0.2) is 9.97 Å². The van der Waals surface area contributed by atoms with E-state index >= 15 is 0 Å². The van der Waals surface area contributed by atoms with Crippen molar-refractivity contribution >= 4 is 51.5 Å². The van der Waals surface area contributed by atoms with Crippen LogP contribution in [-0.2, 0) is 17.9 Å². The van der Waals surface area contributed by atoms with E-state index in [4.69, 9.17) is 23.2 Å². The van der Waals surface area contributed by atoms with E-state index in [2.05, 4.69) is 38.1 Å². The third-order valence-electron chi connectivity index (χ3n) is 10.7. The van der Waals surface area contributed by atoms with Gasteiger partial charge in [-0.2, -0.15) is 0 Å². The zero-order valence-electron chi connectivity index (χ0n) is 29.2. The van der Waals surface area contributed by atoms with E-state index in [0.29, 0.717) is 47.0 Å². The zero-order chi connectivity index (χ0) is 36.7. The summed E-state index contributed by atoms with van der Waals surface area (Å²) in [5.74, 6) is 0.0141. The molecule has 2 aliphatic heterocycles. The molecule has 8 rings (SSSR count). The van der Waals surface area contributed by atoms with Gasteiger partial charge in [-0.15, -0.1) is 11.3 Å². The highest BCUT2D eigenvalue weighted by Gasteiger charge is 2.41. The minimum absolute atomic E-state index is 0.0412. The van der Waals surface area contributed by atoms with Crippen molar-refractivity contribution in [2.45, 2.75) is 50.8 Å². The molecule has 13 heteroatoms. The number of aromatic nitrogens is 5. The second kappa shape index (κ2) is 14.8. The number of amides is 1. The van der Waals surface area contributed by atoms with Crippen LogP contribution in [-0.4, -0.2) is 76.7 Å². The number of aryl methyl sites for hydroxylation is 1. The number of nitrogens with zero attached hydrogens (tertiary/aromatic N) is 7. The molecular formula is C40H39Cl2N7O3S. The molecule has 272 valence electrons. The molecule has 2 fully saturated rings. The number of carbonyl (C=O) groups is 1. The lowest BCUT2D eigenvalue weighted by atomic mass is 9.79. The van der Waals surface area contributed by atoms with E-state index in [1.54, 1.807) is 40.3 Å². The van der Waals surface area contributed by atoms with Crippen molar-refractivity contribution in [3.63, 3.8) is 0 Å². The summed E-state index contributed by atoms with van der Waals surface area (Å²) in [6.07, 6.45) is 8.57. The molecule has 0 spiro atoms. The Kier molecular flexibility index (Phi) is 9.95. The second-order valence-corrected chi connectivity index (χ2v) is 16.1. The topological polar surface area (TPSA) is 109 Å². The first-order valence-electron chi connectivity index (χ1n) is 17.8. The Labute approximate surface area is 321 Å². The molecule has 0 saturated carbocycles. The van der Waals surface area contributed by atoms with Crippen LogP contribution < -0.4 is 5.56 Å². The number of fused-ring (bicyclic) bond motifs is 1. The molecule has 10 nitrogen and oxygen atoms in total. The highest BCUT2D eigenvalue weighted by Crippen LogP contribution is 2.37. The number of rotatable bonds is 8. The van der Waals surface area contributed by atoms with Crippen molar-refractivity contribution in [2.24, 2.45) is 5.92 Å². The Bertz CT molecular complexity index is 2320. The minimum Gasteiger partial charge on any atom is -0.388 e. The first-order valence-corrected chi connectivity index (χ1v) is 19.4. The maximum Gasteiger partial charge on any atom is 0.262 e. The molecule has 53 heavy (non-hydrogen) atoms. The van der Waals surface area contributed by atoms with Gasteiger partial charge in [0.05, 0.1) is 27.6 Å². The standard InChI is InChI=1S/C40H39Cl2N7O3S/c1-26-7-8-28(20-43-26)37-44-21-30(53-37)22-46-15-11-31(33(23-46)27-5-3-2-4-6-27)38(50)47-17-13-40(52,14-18-47)24-48-25-45-36-32(39(48)51)12-16-49(36)29-9-10-34(41)35(42)19-29/h2-10,12,16,19-21,25,31,33,52H,11,13-15,17-18,22-24H2,1H3/t31-,33+/m1/s1. The average Bonchev–Trinajstić information content (AvgIpc) is 3.83. The van der Waals surface area contributed by atoms with Crippen LogP contribution in [0.4, 0.5) is 0 Å². The molecule has 2 atom stereocenters. The van der Waals surface area contributed by atoms with Gasteiger partial charge in [0.25, 0.3) is 5.56 Å². The largest absolute Gasteiger partial charge is 0.388 e. The van der Waals surface area contributed by atoms with Crippen LogP contribution in [0.25, 0.3) is 27.3 Å². The van der Waals surface area contributed by atoms with Gasteiger partial charge >= 0.3 is 0 Å². The normalized spacial score (nSPS) is 19.1. The fraction of sp³-hybridized carbons (Fsp3) is 0.325. The third kappa shape index (κ3) is 7.41. The average molecular weight is 769 g/mol. The lowest BCUT2D eigenvalue weighted by Crippen LogP contribution is -2.53. The molecule has 0 bridgehead atoms. The van der Waals surface area contributed by atoms with E-state index in [1.165, 1.54) is 15.8 Å². The fourth-order valence-electron chi connectivity index (χ4n) is 7.69. The molecule has 1 amide bonds. The van der Waals surface area contributed by atoms with Crippen molar-refractivity contribution in [3.8, 4) is 16.3 Å². The number of halogens is 2. The molecule has 6 aromatic rings. The van der Waals surface area contributed by atoms with Crippen LogP contribution in [0.2, 0.25) is 10.0 Å². The Morgan fingerprint density at radius 1 is 0.962 bits per heavy atom. The number of pyridine rings is 1. The second-order valence-electron chi connectivity index (χ2n) is 14.2. The molecular weight excluding hydrogens is 729 g/mol.